The number of aliphatic hydroxyl groups excluding tert-OH is 1. The highest BCUT2D eigenvalue weighted by molar-refractivity contribution is 5.59. The van der Waals surface area contributed by atoms with Crippen LogP contribution >= 0.6 is 0 Å². The zero-order chi connectivity index (χ0) is 40.2. The maximum absolute atomic E-state index is 13.0. The molecular formula is C48H74F3N3O. The summed E-state index contributed by atoms with van der Waals surface area (Å²) in [6.45, 7) is 28.8. The molecule has 0 bridgehead atoms. The van der Waals surface area contributed by atoms with Gasteiger partial charge in [0.1, 0.15) is 0 Å². The quantitative estimate of drug-likeness (QED) is 0.279. The summed E-state index contributed by atoms with van der Waals surface area (Å²) in [5.74, 6) is 0.373. The van der Waals surface area contributed by atoms with Gasteiger partial charge in [0, 0.05) is 24.8 Å². The van der Waals surface area contributed by atoms with Crippen LogP contribution in [0.5, 0.6) is 0 Å². The Hall–Kier alpha value is -2.87. The standard InChI is InChI=1S/C17H24F3N.C15H23NO.C15H23N.CH4/c1-16(2,3)15-11-13(17(18,19)20)5-6-14(15)12-7-9-21(4)10-8-12;1-11-5-6-13(15(2,3)4)14(9-11)16-8-7-12(17)10-16;1-11-7-8-13(15(2,3)4)12(10-11)14-6-5-9-16-14;/h5-6,11-12H,7-10H2,1-4H3;5-6,9,12,17H,7-8,10H2,1-4H3;7-8,10,14,16H,5-6,9H2,1-4H3;1H4. The molecule has 0 radical (unpaired) electrons. The van der Waals surface area contributed by atoms with Crippen LogP contribution in [-0.4, -0.2) is 55.9 Å². The van der Waals surface area contributed by atoms with Gasteiger partial charge in [0.05, 0.1) is 11.7 Å². The lowest BCUT2D eigenvalue weighted by Crippen LogP contribution is -2.30. The zero-order valence-corrected chi connectivity index (χ0v) is 35.5. The molecule has 3 fully saturated rings. The Balaban J connectivity index is 0.000000222. The van der Waals surface area contributed by atoms with Crippen molar-refractivity contribution in [1.82, 2.24) is 10.2 Å². The molecular weight excluding hydrogens is 692 g/mol. The number of rotatable bonds is 3. The molecule has 308 valence electrons. The number of hydrogen-bond acceptors (Lipinski definition) is 4. The average molecular weight is 766 g/mol. The van der Waals surface area contributed by atoms with Crippen molar-refractivity contribution in [3.63, 3.8) is 0 Å². The number of benzene rings is 3. The molecule has 6 rings (SSSR count). The van der Waals surface area contributed by atoms with Crippen LogP contribution in [0, 0.1) is 13.8 Å². The van der Waals surface area contributed by atoms with Crippen molar-refractivity contribution in [3.8, 4) is 0 Å². The van der Waals surface area contributed by atoms with Crippen molar-refractivity contribution in [3.05, 3.63) is 99.1 Å². The number of aliphatic hydroxyl groups is 1. The van der Waals surface area contributed by atoms with Crippen molar-refractivity contribution < 1.29 is 18.3 Å². The van der Waals surface area contributed by atoms with Gasteiger partial charge in [-0.1, -0.05) is 112 Å². The second kappa shape index (κ2) is 18.6. The second-order valence-corrected chi connectivity index (χ2v) is 19.3. The smallest absolute Gasteiger partial charge is 0.391 e. The summed E-state index contributed by atoms with van der Waals surface area (Å²) < 4.78 is 38.9. The van der Waals surface area contributed by atoms with E-state index < -0.39 is 11.7 Å². The largest absolute Gasteiger partial charge is 0.416 e. The topological polar surface area (TPSA) is 38.7 Å². The van der Waals surface area contributed by atoms with Crippen LogP contribution < -0.4 is 10.2 Å². The number of hydrogen-bond donors (Lipinski definition) is 2. The number of nitrogens with zero attached hydrogens (tertiary/aromatic N) is 2. The molecule has 3 aromatic rings. The van der Waals surface area contributed by atoms with E-state index in [1.54, 1.807) is 6.07 Å². The number of alkyl halides is 3. The van der Waals surface area contributed by atoms with Gasteiger partial charge in [-0.2, -0.15) is 13.2 Å². The number of β-amino-alcohol motifs (C(OH)–C–C–N with tert-alkyl or cyclic N) is 1. The van der Waals surface area contributed by atoms with Crippen LogP contribution in [0.25, 0.3) is 0 Å². The Morgan fingerprint density at radius 3 is 1.71 bits per heavy atom. The van der Waals surface area contributed by atoms with Gasteiger partial charge in [0.25, 0.3) is 0 Å². The number of likely N-dealkylation sites (tertiary alicyclic amines) is 1. The fourth-order valence-corrected chi connectivity index (χ4v) is 8.16. The van der Waals surface area contributed by atoms with Gasteiger partial charge >= 0.3 is 6.18 Å². The lowest BCUT2D eigenvalue weighted by atomic mass is 9.77. The highest BCUT2D eigenvalue weighted by atomic mass is 19.4. The van der Waals surface area contributed by atoms with Crippen LogP contribution in [0.4, 0.5) is 18.9 Å². The van der Waals surface area contributed by atoms with E-state index in [4.69, 9.17) is 0 Å². The van der Waals surface area contributed by atoms with Crippen LogP contribution in [0.1, 0.15) is 158 Å². The van der Waals surface area contributed by atoms with E-state index >= 15 is 0 Å². The summed E-state index contributed by atoms with van der Waals surface area (Å²) in [5.41, 5.74) is 9.86. The minimum absolute atomic E-state index is 0. The molecule has 3 aliphatic heterocycles. The third kappa shape index (κ3) is 12.8. The molecule has 2 atom stereocenters. The number of piperidine rings is 1. The first-order valence-corrected chi connectivity index (χ1v) is 20.2. The molecule has 0 spiro atoms. The predicted octanol–water partition coefficient (Wildman–Crippen LogP) is 12.0. The number of anilines is 1. The van der Waals surface area contributed by atoms with Gasteiger partial charge in [-0.15, -0.1) is 0 Å². The Labute approximate surface area is 333 Å². The van der Waals surface area contributed by atoms with Gasteiger partial charge in [0.15, 0.2) is 0 Å². The van der Waals surface area contributed by atoms with Crippen molar-refractivity contribution in [2.45, 2.75) is 156 Å². The van der Waals surface area contributed by atoms with E-state index in [1.165, 1.54) is 65.0 Å². The average Bonchev–Trinajstić information content (AvgIpc) is 3.76. The van der Waals surface area contributed by atoms with Crippen LogP contribution in [0.3, 0.4) is 0 Å². The normalized spacial score (nSPS) is 20.0. The Kier molecular flexibility index (Phi) is 15.7. The van der Waals surface area contributed by atoms with Gasteiger partial charge in [0.2, 0.25) is 0 Å². The Bertz CT molecular complexity index is 1660. The van der Waals surface area contributed by atoms with Crippen molar-refractivity contribution in [1.29, 1.82) is 0 Å². The lowest BCUT2D eigenvalue weighted by molar-refractivity contribution is -0.137. The first-order chi connectivity index (χ1) is 24.9. The highest BCUT2D eigenvalue weighted by Crippen LogP contribution is 2.40. The molecule has 3 saturated heterocycles. The summed E-state index contributed by atoms with van der Waals surface area (Å²) in [7, 11) is 2.09. The monoisotopic (exact) mass is 766 g/mol. The van der Waals surface area contributed by atoms with Crippen molar-refractivity contribution >= 4 is 5.69 Å². The van der Waals surface area contributed by atoms with Gasteiger partial charge in [-0.25, -0.2) is 0 Å². The zero-order valence-electron chi connectivity index (χ0n) is 35.5. The summed E-state index contributed by atoms with van der Waals surface area (Å²) in [4.78, 5) is 4.59. The van der Waals surface area contributed by atoms with Crippen LogP contribution in [0.15, 0.2) is 54.6 Å². The first kappa shape index (κ1) is 46.5. The van der Waals surface area contributed by atoms with E-state index in [9.17, 15) is 18.3 Å². The molecule has 0 aliphatic carbocycles. The molecule has 0 amide bonds. The lowest BCUT2D eigenvalue weighted by Gasteiger charge is -2.33. The summed E-state index contributed by atoms with van der Waals surface area (Å²) in [6, 6.07) is 18.4. The van der Waals surface area contributed by atoms with E-state index in [1.807, 2.05) is 20.8 Å². The predicted molar refractivity (Wildman–Crippen MR) is 229 cm³/mol. The van der Waals surface area contributed by atoms with E-state index in [0.717, 1.165) is 56.6 Å². The maximum atomic E-state index is 13.0. The Morgan fingerprint density at radius 2 is 1.22 bits per heavy atom. The Morgan fingerprint density at radius 1 is 0.655 bits per heavy atom. The van der Waals surface area contributed by atoms with E-state index in [0.29, 0.717) is 12.0 Å². The molecule has 3 heterocycles. The summed E-state index contributed by atoms with van der Waals surface area (Å²) in [5, 5.41) is 13.3. The maximum Gasteiger partial charge on any atom is 0.416 e. The third-order valence-corrected chi connectivity index (χ3v) is 11.3. The van der Waals surface area contributed by atoms with Gasteiger partial charge in [-0.3, -0.25) is 0 Å². The number of nitrogens with one attached hydrogen (secondary N) is 1. The van der Waals surface area contributed by atoms with Gasteiger partial charge in [-0.05, 0) is 146 Å². The molecule has 4 nitrogen and oxygen atoms in total. The minimum atomic E-state index is -4.27. The summed E-state index contributed by atoms with van der Waals surface area (Å²) in [6.07, 6.45) is 1.08. The molecule has 7 heteroatoms. The SMILES string of the molecule is C.CN1CCC(c2ccc(C(F)(F)F)cc2C(C)(C)C)CC1.Cc1ccc(C(C)(C)C)c(C2CCCN2)c1.Cc1ccc(C(C)(C)C)c(N2CCC(O)C2)c1. The first-order valence-electron chi connectivity index (χ1n) is 20.2. The van der Waals surface area contributed by atoms with Crippen LogP contribution in [0.2, 0.25) is 0 Å². The third-order valence-electron chi connectivity index (χ3n) is 11.3. The molecule has 2 N–H and O–H groups in total. The molecule has 0 saturated carbocycles. The van der Waals surface area contributed by atoms with E-state index in [-0.39, 0.29) is 29.8 Å². The van der Waals surface area contributed by atoms with Gasteiger partial charge < -0.3 is 20.2 Å². The fraction of sp³-hybridized carbons (Fsp3) is 0.625. The molecule has 3 aliphatic rings. The summed E-state index contributed by atoms with van der Waals surface area (Å²) >= 11 is 0. The molecule has 2 unspecified atom stereocenters. The minimum Gasteiger partial charge on any atom is -0.391 e. The van der Waals surface area contributed by atoms with Crippen molar-refractivity contribution in [2.24, 2.45) is 0 Å². The number of halogens is 3. The molecule has 55 heavy (non-hydrogen) atoms. The number of aryl methyl sites for hydroxylation is 2. The van der Waals surface area contributed by atoms with Crippen LogP contribution in [-0.2, 0) is 22.4 Å². The highest BCUT2D eigenvalue weighted by Gasteiger charge is 2.34. The fourth-order valence-electron chi connectivity index (χ4n) is 8.16. The van der Waals surface area contributed by atoms with E-state index in [2.05, 4.69) is 114 Å². The molecule has 3 aromatic carbocycles. The van der Waals surface area contributed by atoms with Crippen molar-refractivity contribution in [2.75, 3.05) is 44.7 Å². The molecule has 0 aromatic heterocycles. The second-order valence-electron chi connectivity index (χ2n) is 19.3.